The van der Waals surface area contributed by atoms with Crippen LogP contribution in [0.5, 0.6) is 0 Å². The summed E-state index contributed by atoms with van der Waals surface area (Å²) in [5, 5.41) is 2.26. The van der Waals surface area contributed by atoms with E-state index in [4.69, 9.17) is 4.42 Å². The Labute approximate surface area is 140 Å². The third-order valence-electron chi connectivity index (χ3n) is 3.72. The minimum atomic E-state index is 0.125. The number of rotatable bonds is 6. The first-order chi connectivity index (χ1) is 11.3. The molecule has 0 aliphatic carbocycles. The summed E-state index contributed by atoms with van der Waals surface area (Å²) >= 11 is 1.58. The lowest BCUT2D eigenvalue weighted by Gasteiger charge is -2.22. The molecule has 0 saturated heterocycles. The molecule has 3 aromatic rings. The number of benzene rings is 2. The standard InChI is InChI=1S/C19H19NO2S/c1-2-20(19(21)14-23-13-16-9-6-12-22-16)18-11-5-8-15-7-3-4-10-17(15)18/h3-12H,2,13-14H2,1H3. The normalized spacial score (nSPS) is 10.8. The van der Waals surface area contributed by atoms with Crippen LogP contribution in [0.15, 0.2) is 65.3 Å². The van der Waals surface area contributed by atoms with Gasteiger partial charge in [-0.25, -0.2) is 0 Å². The first-order valence-corrected chi connectivity index (χ1v) is 8.83. The van der Waals surface area contributed by atoms with E-state index in [1.807, 2.05) is 48.2 Å². The van der Waals surface area contributed by atoms with Crippen molar-refractivity contribution in [3.8, 4) is 0 Å². The Morgan fingerprint density at radius 1 is 1.09 bits per heavy atom. The molecule has 118 valence electrons. The first kappa shape index (κ1) is 15.7. The van der Waals surface area contributed by atoms with E-state index in [9.17, 15) is 4.79 Å². The number of carbonyl (C=O) groups is 1. The Bertz CT molecular complexity index is 778. The molecule has 1 amide bonds. The summed E-state index contributed by atoms with van der Waals surface area (Å²) in [5.41, 5.74) is 0.981. The zero-order valence-electron chi connectivity index (χ0n) is 13.1. The second kappa shape index (κ2) is 7.38. The summed E-state index contributed by atoms with van der Waals surface area (Å²) in [6.07, 6.45) is 1.66. The highest BCUT2D eigenvalue weighted by Gasteiger charge is 2.16. The van der Waals surface area contributed by atoms with Crippen LogP contribution >= 0.6 is 11.8 Å². The van der Waals surface area contributed by atoms with Gasteiger partial charge in [-0.05, 0) is 30.5 Å². The largest absolute Gasteiger partial charge is 0.468 e. The minimum absolute atomic E-state index is 0.125. The van der Waals surface area contributed by atoms with Crippen molar-refractivity contribution in [2.75, 3.05) is 17.2 Å². The third-order valence-corrected chi connectivity index (χ3v) is 4.66. The molecule has 4 heteroatoms. The highest BCUT2D eigenvalue weighted by molar-refractivity contribution is 7.99. The van der Waals surface area contributed by atoms with Gasteiger partial charge in [0.2, 0.25) is 5.91 Å². The van der Waals surface area contributed by atoms with Crippen molar-refractivity contribution < 1.29 is 9.21 Å². The van der Waals surface area contributed by atoms with Crippen molar-refractivity contribution in [1.29, 1.82) is 0 Å². The maximum Gasteiger partial charge on any atom is 0.236 e. The van der Waals surface area contributed by atoms with Gasteiger partial charge in [0.25, 0.3) is 0 Å². The fourth-order valence-corrected chi connectivity index (χ4v) is 3.43. The van der Waals surface area contributed by atoms with Crippen LogP contribution in [0.2, 0.25) is 0 Å². The molecule has 0 aliphatic heterocycles. The Balaban J connectivity index is 1.74. The molecule has 0 spiro atoms. The topological polar surface area (TPSA) is 33.5 Å². The van der Waals surface area contributed by atoms with Crippen LogP contribution in [-0.2, 0) is 10.5 Å². The second-order valence-corrected chi connectivity index (χ2v) is 6.19. The van der Waals surface area contributed by atoms with Crippen molar-refractivity contribution in [1.82, 2.24) is 0 Å². The summed E-state index contributed by atoms with van der Waals surface area (Å²) in [5.74, 6) is 2.18. The first-order valence-electron chi connectivity index (χ1n) is 7.68. The molecule has 0 aliphatic rings. The molecule has 23 heavy (non-hydrogen) atoms. The van der Waals surface area contributed by atoms with E-state index in [-0.39, 0.29) is 5.91 Å². The van der Waals surface area contributed by atoms with Crippen molar-refractivity contribution in [2.45, 2.75) is 12.7 Å². The summed E-state index contributed by atoms with van der Waals surface area (Å²) in [6.45, 7) is 2.67. The van der Waals surface area contributed by atoms with Gasteiger partial charge in [0.05, 0.1) is 23.5 Å². The predicted octanol–water partition coefficient (Wildman–Crippen LogP) is 4.72. The lowest BCUT2D eigenvalue weighted by Crippen LogP contribution is -2.32. The Morgan fingerprint density at radius 2 is 1.91 bits per heavy atom. The fraction of sp³-hybridized carbons (Fsp3) is 0.211. The zero-order chi connectivity index (χ0) is 16.1. The molecule has 0 unspecified atom stereocenters. The monoisotopic (exact) mass is 325 g/mol. The van der Waals surface area contributed by atoms with Crippen LogP contribution in [-0.4, -0.2) is 18.2 Å². The average Bonchev–Trinajstić information content (AvgIpc) is 3.09. The van der Waals surface area contributed by atoms with E-state index in [0.29, 0.717) is 18.1 Å². The quantitative estimate of drug-likeness (QED) is 0.657. The van der Waals surface area contributed by atoms with E-state index < -0.39 is 0 Å². The van der Waals surface area contributed by atoms with Crippen LogP contribution in [0, 0.1) is 0 Å². The highest BCUT2D eigenvalue weighted by Crippen LogP contribution is 2.27. The molecule has 2 aromatic carbocycles. The second-order valence-electron chi connectivity index (χ2n) is 5.21. The SMILES string of the molecule is CCN(C(=O)CSCc1ccco1)c1cccc2ccccc12. The molecule has 0 atom stereocenters. The molecular weight excluding hydrogens is 306 g/mol. The Morgan fingerprint density at radius 3 is 2.70 bits per heavy atom. The van der Waals surface area contributed by atoms with E-state index in [0.717, 1.165) is 22.2 Å². The molecule has 3 rings (SSSR count). The van der Waals surface area contributed by atoms with E-state index in [1.165, 1.54) is 0 Å². The van der Waals surface area contributed by atoms with Crippen LogP contribution < -0.4 is 4.90 Å². The van der Waals surface area contributed by atoms with E-state index in [2.05, 4.69) is 18.2 Å². The molecular formula is C19H19NO2S. The maximum absolute atomic E-state index is 12.6. The maximum atomic E-state index is 12.6. The van der Waals surface area contributed by atoms with Crippen molar-refractivity contribution in [2.24, 2.45) is 0 Å². The third kappa shape index (κ3) is 3.59. The van der Waals surface area contributed by atoms with Gasteiger partial charge in [0.1, 0.15) is 5.76 Å². The van der Waals surface area contributed by atoms with Gasteiger partial charge < -0.3 is 9.32 Å². The zero-order valence-corrected chi connectivity index (χ0v) is 13.9. The molecule has 0 saturated carbocycles. The number of amides is 1. The minimum Gasteiger partial charge on any atom is -0.468 e. The van der Waals surface area contributed by atoms with Gasteiger partial charge in [0, 0.05) is 11.9 Å². The van der Waals surface area contributed by atoms with Gasteiger partial charge in [-0.2, -0.15) is 0 Å². The van der Waals surface area contributed by atoms with Gasteiger partial charge in [-0.1, -0.05) is 36.4 Å². The number of nitrogens with zero attached hydrogens (tertiary/aromatic N) is 1. The number of fused-ring (bicyclic) bond motifs is 1. The van der Waals surface area contributed by atoms with Gasteiger partial charge >= 0.3 is 0 Å². The summed E-state index contributed by atoms with van der Waals surface area (Å²) in [6, 6.07) is 18.1. The van der Waals surface area contributed by atoms with Gasteiger partial charge in [0.15, 0.2) is 0 Å². The van der Waals surface area contributed by atoms with E-state index in [1.54, 1.807) is 18.0 Å². The lowest BCUT2D eigenvalue weighted by molar-refractivity contribution is -0.116. The van der Waals surface area contributed by atoms with E-state index >= 15 is 0 Å². The fourth-order valence-electron chi connectivity index (χ4n) is 2.64. The van der Waals surface area contributed by atoms with Crippen LogP contribution in [0.3, 0.4) is 0 Å². The Kier molecular flexibility index (Phi) is 5.03. The average molecular weight is 325 g/mol. The molecule has 3 nitrogen and oxygen atoms in total. The molecule has 1 heterocycles. The molecule has 0 bridgehead atoms. The van der Waals surface area contributed by atoms with Crippen LogP contribution in [0.4, 0.5) is 5.69 Å². The van der Waals surface area contributed by atoms with Gasteiger partial charge in [-0.15, -0.1) is 11.8 Å². The molecule has 1 aromatic heterocycles. The lowest BCUT2D eigenvalue weighted by atomic mass is 10.1. The molecule has 0 N–H and O–H groups in total. The Hall–Kier alpha value is -2.20. The van der Waals surface area contributed by atoms with Crippen LogP contribution in [0.25, 0.3) is 10.8 Å². The number of carbonyl (C=O) groups excluding carboxylic acids is 1. The van der Waals surface area contributed by atoms with Crippen molar-refractivity contribution in [3.63, 3.8) is 0 Å². The number of hydrogen-bond acceptors (Lipinski definition) is 3. The highest BCUT2D eigenvalue weighted by atomic mass is 32.2. The number of furan rings is 1. The smallest absolute Gasteiger partial charge is 0.236 e. The van der Waals surface area contributed by atoms with Gasteiger partial charge in [-0.3, -0.25) is 4.79 Å². The van der Waals surface area contributed by atoms with Crippen molar-refractivity contribution in [3.05, 3.63) is 66.6 Å². The van der Waals surface area contributed by atoms with Crippen molar-refractivity contribution >= 4 is 34.1 Å². The van der Waals surface area contributed by atoms with Crippen LogP contribution in [0.1, 0.15) is 12.7 Å². The molecule has 0 fully saturated rings. The number of thioether (sulfide) groups is 1. The predicted molar refractivity (Wildman–Crippen MR) is 96.8 cm³/mol. The summed E-state index contributed by atoms with van der Waals surface area (Å²) in [4.78, 5) is 14.5. The number of hydrogen-bond donors (Lipinski definition) is 0. The molecule has 0 radical (unpaired) electrons. The summed E-state index contributed by atoms with van der Waals surface area (Å²) in [7, 11) is 0. The summed E-state index contributed by atoms with van der Waals surface area (Å²) < 4.78 is 5.30. The number of anilines is 1.